The number of carbonyl (C=O) groups excluding carboxylic acids is 2. The number of nitro benzene ring substituents is 1. The molecule has 35 heavy (non-hydrogen) atoms. The average molecular weight is 537 g/mol. The monoisotopic (exact) mass is 536 g/mol. The predicted molar refractivity (Wildman–Crippen MR) is 129 cm³/mol. The van der Waals surface area contributed by atoms with Crippen LogP contribution in [0, 0.1) is 10.1 Å². The van der Waals surface area contributed by atoms with Gasteiger partial charge in [0.1, 0.15) is 18.8 Å². The molecule has 0 radical (unpaired) electrons. The highest BCUT2D eigenvalue weighted by Crippen LogP contribution is 2.46. The predicted octanol–water partition coefficient (Wildman–Crippen LogP) is 1.47. The Morgan fingerprint density at radius 3 is 2.69 bits per heavy atom. The van der Waals surface area contributed by atoms with Crippen LogP contribution in [0.2, 0.25) is 0 Å². The summed E-state index contributed by atoms with van der Waals surface area (Å²) in [6, 6.07) is 4.08. The van der Waals surface area contributed by atoms with Gasteiger partial charge in [0.05, 0.1) is 15.2 Å². The summed E-state index contributed by atoms with van der Waals surface area (Å²) in [6.45, 7) is 0. The molecule has 1 aromatic carbocycles. The van der Waals surface area contributed by atoms with Crippen LogP contribution in [0.25, 0.3) is 0 Å². The number of nitro groups is 1. The average Bonchev–Trinajstić information content (AvgIpc) is 3.26. The molecule has 16 heteroatoms. The lowest BCUT2D eigenvalue weighted by atomic mass is 9.95. The van der Waals surface area contributed by atoms with E-state index < -0.39 is 34.8 Å². The number of β-lactam (4-membered cyclic amide) rings is 1. The van der Waals surface area contributed by atoms with Gasteiger partial charge in [0.2, 0.25) is 0 Å². The molecular weight excluding hydrogens is 520 g/mol. The number of carboxylic acid groups (broad SMARTS) is 1. The summed E-state index contributed by atoms with van der Waals surface area (Å²) < 4.78 is 0.361. The second-order valence-corrected chi connectivity index (χ2v) is 10.3. The third-order valence-electron chi connectivity index (χ3n) is 4.95. The number of rotatable bonds is 8. The number of amides is 2. The van der Waals surface area contributed by atoms with Crippen molar-refractivity contribution in [3.8, 4) is 0 Å². The maximum absolute atomic E-state index is 12.9. The molecule has 1 saturated heterocycles. The lowest BCUT2D eigenvalue weighted by Gasteiger charge is -2.49. The topological polar surface area (TPSA) is 190 Å². The number of hydrogen-bond donors (Lipinski definition) is 3. The number of thiazole rings is 1. The zero-order chi connectivity index (χ0) is 25.3. The van der Waals surface area contributed by atoms with Gasteiger partial charge in [-0.05, 0) is 12.1 Å². The van der Waals surface area contributed by atoms with Crippen molar-refractivity contribution in [3.63, 3.8) is 0 Å². The van der Waals surface area contributed by atoms with Crippen LogP contribution < -0.4 is 11.1 Å². The molecular formula is C19H16N6O7S3. The highest BCUT2D eigenvalue weighted by Gasteiger charge is 2.54. The number of aromatic nitrogens is 1. The zero-order valence-corrected chi connectivity index (χ0v) is 20.2. The molecule has 0 bridgehead atoms. The highest BCUT2D eigenvalue weighted by atomic mass is 32.2. The SMILES string of the molecule is CON=C(C(=O)NC1C(=O)N2C(C(=O)O)=C(Sc3ccc([N+](=O)[O-])cc3)SCC12)c1csc(N)n1. The van der Waals surface area contributed by atoms with Gasteiger partial charge in [0.15, 0.2) is 16.5 Å². The Morgan fingerprint density at radius 1 is 1.40 bits per heavy atom. The summed E-state index contributed by atoms with van der Waals surface area (Å²) in [7, 11) is 1.26. The Kier molecular flexibility index (Phi) is 6.95. The molecule has 2 aliphatic heterocycles. The van der Waals surface area contributed by atoms with Gasteiger partial charge >= 0.3 is 5.97 Å². The van der Waals surface area contributed by atoms with E-state index in [0.29, 0.717) is 14.9 Å². The van der Waals surface area contributed by atoms with E-state index in [4.69, 9.17) is 10.6 Å². The standard InChI is InChI=1S/C19H16N6O7S3/c1-32-23-12(10-6-34-19(20)21-10)15(26)22-13-11-7-33-18(14(17(28)29)24(11)16(13)27)35-9-4-2-8(3-5-9)25(30)31/h2-6,11,13H,7H2,1H3,(H2,20,21)(H,22,26)(H,28,29). The van der Waals surface area contributed by atoms with Gasteiger partial charge < -0.3 is 21.0 Å². The maximum atomic E-state index is 12.9. The first-order valence-corrected chi connectivity index (χ1v) is 12.4. The smallest absolute Gasteiger partial charge is 0.354 e. The van der Waals surface area contributed by atoms with E-state index in [2.05, 4.69) is 15.5 Å². The van der Waals surface area contributed by atoms with E-state index in [-0.39, 0.29) is 27.9 Å². The first kappa shape index (κ1) is 24.5. The molecule has 1 fully saturated rings. The number of nitrogens with one attached hydrogen (secondary N) is 1. The van der Waals surface area contributed by atoms with E-state index in [1.54, 1.807) is 0 Å². The van der Waals surface area contributed by atoms with Gasteiger partial charge in [-0.3, -0.25) is 24.6 Å². The molecule has 0 saturated carbocycles. The van der Waals surface area contributed by atoms with Crippen molar-refractivity contribution in [2.45, 2.75) is 17.0 Å². The number of fused-ring (bicyclic) bond motifs is 1. The fraction of sp³-hybridized carbons (Fsp3) is 0.211. The molecule has 4 N–H and O–H groups in total. The lowest BCUT2D eigenvalue weighted by Crippen LogP contribution is -2.72. The molecule has 0 aliphatic carbocycles. The summed E-state index contributed by atoms with van der Waals surface area (Å²) in [6.07, 6.45) is 0. The van der Waals surface area contributed by atoms with Crippen LogP contribution in [0.1, 0.15) is 5.69 Å². The third kappa shape index (κ3) is 4.80. The van der Waals surface area contributed by atoms with Crippen LogP contribution in [0.5, 0.6) is 0 Å². The van der Waals surface area contributed by atoms with E-state index in [9.17, 15) is 29.6 Å². The Bertz CT molecular complexity index is 1280. The number of carbonyl (C=O) groups is 3. The molecule has 182 valence electrons. The second kappa shape index (κ2) is 9.93. The van der Waals surface area contributed by atoms with Gasteiger partial charge in [-0.2, -0.15) is 0 Å². The first-order chi connectivity index (χ1) is 16.7. The van der Waals surface area contributed by atoms with E-state index in [0.717, 1.165) is 28.0 Å². The molecule has 1 aromatic heterocycles. The number of anilines is 1. The van der Waals surface area contributed by atoms with Crippen molar-refractivity contribution in [2.75, 3.05) is 18.6 Å². The van der Waals surface area contributed by atoms with Gasteiger partial charge in [0, 0.05) is 28.2 Å². The van der Waals surface area contributed by atoms with E-state index in [1.165, 1.54) is 48.5 Å². The van der Waals surface area contributed by atoms with Crippen LogP contribution in [0.15, 0.2) is 49.6 Å². The van der Waals surface area contributed by atoms with Gasteiger partial charge in [-0.15, -0.1) is 23.1 Å². The van der Waals surface area contributed by atoms with Crippen molar-refractivity contribution in [1.82, 2.24) is 15.2 Å². The van der Waals surface area contributed by atoms with Crippen LogP contribution >= 0.6 is 34.9 Å². The first-order valence-electron chi connectivity index (χ1n) is 9.70. The quantitative estimate of drug-likeness (QED) is 0.192. The second-order valence-electron chi connectivity index (χ2n) is 7.03. The normalized spacial score (nSPS) is 19.6. The Morgan fingerprint density at radius 2 is 2.11 bits per heavy atom. The summed E-state index contributed by atoms with van der Waals surface area (Å²) in [5.41, 5.74) is 5.33. The van der Waals surface area contributed by atoms with E-state index >= 15 is 0 Å². The molecule has 2 aromatic rings. The van der Waals surface area contributed by atoms with Crippen LogP contribution in [-0.4, -0.2) is 68.4 Å². The molecule has 2 aliphatic rings. The number of nitrogens with zero attached hydrogens (tertiary/aromatic N) is 4. The van der Waals surface area contributed by atoms with Crippen LogP contribution in [-0.2, 0) is 19.2 Å². The maximum Gasteiger partial charge on any atom is 0.354 e. The molecule has 13 nitrogen and oxygen atoms in total. The molecule has 0 spiro atoms. The number of non-ortho nitro benzene ring substituents is 1. The molecule has 3 heterocycles. The number of benzene rings is 1. The summed E-state index contributed by atoms with van der Waals surface area (Å²) >= 11 is 3.42. The number of nitrogens with two attached hydrogens (primary N) is 1. The van der Waals surface area contributed by atoms with Crippen molar-refractivity contribution < 1.29 is 29.3 Å². The van der Waals surface area contributed by atoms with Crippen molar-refractivity contribution in [3.05, 3.63) is 55.4 Å². The minimum absolute atomic E-state index is 0.0913. The van der Waals surface area contributed by atoms with Crippen molar-refractivity contribution in [1.29, 1.82) is 0 Å². The minimum atomic E-state index is -1.30. The number of oxime groups is 1. The zero-order valence-electron chi connectivity index (χ0n) is 17.7. The van der Waals surface area contributed by atoms with Gasteiger partial charge in [-0.1, -0.05) is 16.9 Å². The molecule has 2 amide bonds. The number of carboxylic acids is 1. The number of hydrogen-bond acceptors (Lipinski definition) is 12. The van der Waals surface area contributed by atoms with Gasteiger partial charge in [0.25, 0.3) is 17.5 Å². The Hall–Kier alpha value is -3.63. The lowest BCUT2D eigenvalue weighted by molar-refractivity contribution is -0.384. The summed E-state index contributed by atoms with van der Waals surface area (Å²) in [5.74, 6) is -2.28. The number of aliphatic carboxylic acids is 1. The Labute approximate surface area is 209 Å². The highest BCUT2D eigenvalue weighted by molar-refractivity contribution is 8.22. The molecule has 4 rings (SSSR count). The van der Waals surface area contributed by atoms with Crippen LogP contribution in [0.3, 0.4) is 0 Å². The van der Waals surface area contributed by atoms with Gasteiger partial charge in [-0.25, -0.2) is 9.78 Å². The fourth-order valence-electron chi connectivity index (χ4n) is 3.39. The summed E-state index contributed by atoms with van der Waals surface area (Å²) in [5, 5.41) is 28.7. The largest absolute Gasteiger partial charge is 0.477 e. The fourth-order valence-corrected chi connectivity index (χ4v) is 6.42. The number of thioether (sulfide) groups is 2. The van der Waals surface area contributed by atoms with Crippen molar-refractivity contribution >= 4 is 69.2 Å². The van der Waals surface area contributed by atoms with E-state index in [1.807, 2.05) is 0 Å². The van der Waals surface area contributed by atoms with Crippen molar-refractivity contribution in [2.24, 2.45) is 5.16 Å². The minimum Gasteiger partial charge on any atom is -0.477 e. The van der Waals surface area contributed by atoms with Crippen LogP contribution in [0.4, 0.5) is 10.8 Å². The summed E-state index contributed by atoms with van der Waals surface area (Å²) in [4.78, 5) is 58.5. The third-order valence-corrected chi connectivity index (χ3v) is 8.08. The number of nitrogen functional groups attached to an aromatic ring is 1. The molecule has 2 atom stereocenters. The Balaban J connectivity index is 1.52. The molecule has 2 unspecified atom stereocenters.